The third-order valence-corrected chi connectivity index (χ3v) is 4.70. The Labute approximate surface area is 149 Å². The van der Waals surface area contributed by atoms with E-state index in [2.05, 4.69) is 15.1 Å². The molecule has 0 saturated heterocycles. The minimum atomic E-state index is -0.494. The molecule has 3 aromatic heterocycles. The fourth-order valence-corrected chi connectivity index (χ4v) is 3.36. The average Bonchev–Trinajstić information content (AvgIpc) is 2.93. The molecule has 0 saturated carbocycles. The lowest BCUT2D eigenvalue weighted by atomic mass is 10.1. The van der Waals surface area contributed by atoms with Gasteiger partial charge in [-0.05, 0) is 41.5 Å². The van der Waals surface area contributed by atoms with E-state index in [1.165, 1.54) is 12.1 Å². The largest absolute Gasteiger partial charge is 0.296 e. The molecule has 0 bridgehead atoms. The summed E-state index contributed by atoms with van der Waals surface area (Å²) in [7, 11) is 0. The van der Waals surface area contributed by atoms with Crippen molar-refractivity contribution >= 4 is 22.4 Å². The zero-order valence-corrected chi connectivity index (χ0v) is 14.1. The predicted octanol–water partition coefficient (Wildman–Crippen LogP) is 1.18. The van der Waals surface area contributed by atoms with Crippen molar-refractivity contribution < 1.29 is 4.39 Å². The molecule has 0 unspecified atom stereocenters. The molecule has 128 valence electrons. The van der Waals surface area contributed by atoms with Crippen LogP contribution in [0, 0.1) is 5.82 Å². The molecule has 8 heteroatoms. The standard InChI is InChI=1S/C18H11FN4O2S/c19-13-3-1-11(2-4-13)9-14-16(24)21-18-23(22-14)17(25)15(26-18)10-12-5-7-20-8-6-12/h1-8,10H,9H2. The summed E-state index contributed by atoms with van der Waals surface area (Å²) in [5, 5.41) is 4.17. The van der Waals surface area contributed by atoms with Crippen molar-refractivity contribution in [2.45, 2.75) is 6.42 Å². The van der Waals surface area contributed by atoms with Crippen molar-refractivity contribution in [1.82, 2.24) is 19.6 Å². The van der Waals surface area contributed by atoms with Crippen LogP contribution in [0.1, 0.15) is 16.8 Å². The molecule has 26 heavy (non-hydrogen) atoms. The van der Waals surface area contributed by atoms with Crippen LogP contribution in [0.3, 0.4) is 0 Å². The zero-order chi connectivity index (χ0) is 18.1. The van der Waals surface area contributed by atoms with Crippen molar-refractivity contribution in [2.75, 3.05) is 0 Å². The fraction of sp³-hybridized carbons (Fsp3) is 0.0556. The van der Waals surface area contributed by atoms with Gasteiger partial charge in [0, 0.05) is 18.8 Å². The van der Waals surface area contributed by atoms with Gasteiger partial charge in [-0.3, -0.25) is 14.6 Å². The number of aromatic nitrogens is 4. The Morgan fingerprint density at radius 1 is 1.08 bits per heavy atom. The Morgan fingerprint density at radius 3 is 2.54 bits per heavy atom. The molecule has 4 rings (SSSR count). The quantitative estimate of drug-likeness (QED) is 0.544. The molecule has 6 nitrogen and oxygen atoms in total. The Kier molecular flexibility index (Phi) is 4.10. The fourth-order valence-electron chi connectivity index (χ4n) is 2.46. The number of pyridine rings is 1. The van der Waals surface area contributed by atoms with Crippen LogP contribution >= 0.6 is 11.3 Å². The Balaban J connectivity index is 1.80. The van der Waals surface area contributed by atoms with Crippen LogP contribution in [0.5, 0.6) is 0 Å². The lowest BCUT2D eigenvalue weighted by molar-refractivity contribution is 0.627. The van der Waals surface area contributed by atoms with E-state index < -0.39 is 5.56 Å². The maximum Gasteiger partial charge on any atom is 0.296 e. The van der Waals surface area contributed by atoms with E-state index in [1.807, 2.05) is 0 Å². The number of hydrogen-bond donors (Lipinski definition) is 0. The maximum absolute atomic E-state index is 13.0. The molecule has 0 radical (unpaired) electrons. The first-order chi connectivity index (χ1) is 12.6. The van der Waals surface area contributed by atoms with Crippen LogP contribution in [0.15, 0.2) is 58.4 Å². The van der Waals surface area contributed by atoms with E-state index in [9.17, 15) is 14.0 Å². The van der Waals surface area contributed by atoms with Gasteiger partial charge in [-0.25, -0.2) is 4.39 Å². The first kappa shape index (κ1) is 16.2. The first-order valence-electron chi connectivity index (χ1n) is 7.69. The number of rotatable bonds is 3. The molecule has 0 aliphatic heterocycles. The van der Waals surface area contributed by atoms with Gasteiger partial charge in [0.2, 0.25) is 4.96 Å². The molecule has 0 atom stereocenters. The normalized spacial score (nSPS) is 12.0. The minimum absolute atomic E-state index is 0.138. The second kappa shape index (κ2) is 6.57. The number of halogens is 1. The van der Waals surface area contributed by atoms with Crippen molar-refractivity contribution in [3.05, 3.63) is 96.7 Å². The second-order valence-corrected chi connectivity index (χ2v) is 6.57. The van der Waals surface area contributed by atoms with Crippen molar-refractivity contribution in [2.24, 2.45) is 0 Å². The van der Waals surface area contributed by atoms with Gasteiger partial charge in [0.25, 0.3) is 11.1 Å². The monoisotopic (exact) mass is 366 g/mol. The van der Waals surface area contributed by atoms with E-state index >= 15 is 0 Å². The number of nitrogens with zero attached hydrogens (tertiary/aromatic N) is 4. The summed E-state index contributed by atoms with van der Waals surface area (Å²) in [6, 6.07) is 9.30. The van der Waals surface area contributed by atoms with Crippen molar-refractivity contribution in [3.63, 3.8) is 0 Å². The molecule has 0 aliphatic carbocycles. The van der Waals surface area contributed by atoms with Gasteiger partial charge in [0.05, 0.1) is 4.53 Å². The highest BCUT2D eigenvalue weighted by atomic mass is 32.1. The van der Waals surface area contributed by atoms with E-state index in [0.717, 1.165) is 21.4 Å². The SMILES string of the molecule is O=c1nc2sc(=Cc3ccncc3)c(=O)n2nc1Cc1ccc(F)cc1. The summed E-state index contributed by atoms with van der Waals surface area (Å²) in [4.78, 5) is 32.9. The van der Waals surface area contributed by atoms with Crippen LogP contribution in [0.25, 0.3) is 11.0 Å². The van der Waals surface area contributed by atoms with Crippen LogP contribution in [-0.4, -0.2) is 19.6 Å². The summed E-state index contributed by atoms with van der Waals surface area (Å²) in [6.45, 7) is 0. The van der Waals surface area contributed by atoms with Gasteiger partial charge >= 0.3 is 0 Å². The number of benzene rings is 1. The molecular weight excluding hydrogens is 355 g/mol. The van der Waals surface area contributed by atoms with Gasteiger partial charge in [-0.1, -0.05) is 23.5 Å². The molecule has 3 heterocycles. The van der Waals surface area contributed by atoms with Gasteiger partial charge in [0.15, 0.2) is 0 Å². The summed E-state index contributed by atoms with van der Waals surface area (Å²) in [5.74, 6) is -0.358. The van der Waals surface area contributed by atoms with E-state index in [-0.39, 0.29) is 28.5 Å². The molecule has 0 N–H and O–H groups in total. The Hall–Kier alpha value is -3.26. The van der Waals surface area contributed by atoms with Crippen LogP contribution in [-0.2, 0) is 6.42 Å². The third kappa shape index (κ3) is 3.14. The van der Waals surface area contributed by atoms with Crippen LogP contribution < -0.4 is 15.7 Å². The Bertz CT molecular complexity index is 1250. The third-order valence-electron chi connectivity index (χ3n) is 3.74. The van der Waals surface area contributed by atoms with E-state index in [1.54, 1.807) is 42.7 Å². The van der Waals surface area contributed by atoms with Gasteiger partial charge < -0.3 is 0 Å². The molecular formula is C18H11FN4O2S. The summed E-state index contributed by atoms with van der Waals surface area (Å²) >= 11 is 1.10. The summed E-state index contributed by atoms with van der Waals surface area (Å²) in [5.41, 5.74) is 0.835. The molecule has 0 aliphatic rings. The van der Waals surface area contributed by atoms with Crippen LogP contribution in [0.2, 0.25) is 0 Å². The average molecular weight is 366 g/mol. The highest BCUT2D eigenvalue weighted by Crippen LogP contribution is 2.07. The lowest BCUT2D eigenvalue weighted by Gasteiger charge is -2.00. The van der Waals surface area contributed by atoms with Gasteiger partial charge in [-0.2, -0.15) is 14.6 Å². The molecule has 0 amide bonds. The number of thiazole rings is 1. The minimum Gasteiger partial charge on any atom is -0.266 e. The van der Waals surface area contributed by atoms with Crippen molar-refractivity contribution in [1.29, 1.82) is 0 Å². The topological polar surface area (TPSA) is 77.2 Å². The second-order valence-electron chi connectivity index (χ2n) is 5.56. The molecule has 4 aromatic rings. The van der Waals surface area contributed by atoms with Gasteiger partial charge in [0.1, 0.15) is 11.5 Å². The number of fused-ring (bicyclic) bond motifs is 1. The maximum atomic E-state index is 13.0. The predicted molar refractivity (Wildman–Crippen MR) is 95.6 cm³/mol. The number of hydrogen-bond acceptors (Lipinski definition) is 6. The molecule has 0 fully saturated rings. The van der Waals surface area contributed by atoms with Crippen LogP contribution in [0.4, 0.5) is 4.39 Å². The Morgan fingerprint density at radius 2 is 1.81 bits per heavy atom. The summed E-state index contributed by atoms with van der Waals surface area (Å²) < 4.78 is 14.6. The highest BCUT2D eigenvalue weighted by molar-refractivity contribution is 7.15. The first-order valence-corrected chi connectivity index (χ1v) is 8.51. The van der Waals surface area contributed by atoms with E-state index in [4.69, 9.17) is 0 Å². The lowest BCUT2D eigenvalue weighted by Crippen LogP contribution is -2.28. The zero-order valence-electron chi connectivity index (χ0n) is 13.3. The summed E-state index contributed by atoms with van der Waals surface area (Å²) in [6.07, 6.45) is 5.14. The van der Waals surface area contributed by atoms with Crippen molar-refractivity contribution in [3.8, 4) is 0 Å². The molecule has 0 spiro atoms. The van der Waals surface area contributed by atoms with E-state index in [0.29, 0.717) is 10.1 Å². The smallest absolute Gasteiger partial charge is 0.266 e. The van der Waals surface area contributed by atoms with Gasteiger partial charge in [-0.15, -0.1) is 0 Å². The highest BCUT2D eigenvalue weighted by Gasteiger charge is 2.11. The molecule has 1 aromatic carbocycles.